The molecular formula is C22H21NO6S. The molecule has 0 bridgehead atoms. The van der Waals surface area contributed by atoms with Gasteiger partial charge in [-0.3, -0.25) is 14.6 Å². The standard InChI is InChI=1S/C22H21NO6S/c1-22(12-17(25)16-11-14(24)4-7-18(16)29-22)8-9-28-15-5-2-13(3-6-15)10-19-20(26)23-21(27)30-19/h2-7,11,24,26H,8-10,12H2,1H3,(H,23,27). The van der Waals surface area contributed by atoms with Crippen LogP contribution in [0.1, 0.15) is 40.6 Å². The van der Waals surface area contributed by atoms with E-state index >= 15 is 0 Å². The van der Waals surface area contributed by atoms with Crippen LogP contribution in [-0.2, 0) is 6.42 Å². The van der Waals surface area contributed by atoms with E-state index in [1.54, 1.807) is 6.07 Å². The van der Waals surface area contributed by atoms with Gasteiger partial charge in [-0.15, -0.1) is 0 Å². The number of ether oxygens (including phenoxy) is 2. The van der Waals surface area contributed by atoms with Crippen molar-refractivity contribution in [3.8, 4) is 23.1 Å². The number of fused-ring (bicyclic) bond motifs is 1. The van der Waals surface area contributed by atoms with Gasteiger partial charge in [-0.05, 0) is 42.8 Å². The third-order valence-corrected chi connectivity index (χ3v) is 5.91. The number of hydrogen-bond donors (Lipinski definition) is 3. The van der Waals surface area contributed by atoms with E-state index in [1.165, 1.54) is 12.1 Å². The van der Waals surface area contributed by atoms with Gasteiger partial charge in [-0.2, -0.15) is 0 Å². The van der Waals surface area contributed by atoms with E-state index in [0.29, 0.717) is 41.4 Å². The second-order valence-electron chi connectivity index (χ2n) is 7.54. The minimum Gasteiger partial charge on any atom is -0.508 e. The summed E-state index contributed by atoms with van der Waals surface area (Å²) in [6.07, 6.45) is 1.19. The lowest BCUT2D eigenvalue weighted by molar-refractivity contribution is 0.0380. The van der Waals surface area contributed by atoms with Crippen LogP contribution in [0.4, 0.5) is 0 Å². The summed E-state index contributed by atoms with van der Waals surface area (Å²) in [6.45, 7) is 2.25. The summed E-state index contributed by atoms with van der Waals surface area (Å²) >= 11 is 0.991. The van der Waals surface area contributed by atoms with Gasteiger partial charge in [0, 0.05) is 12.8 Å². The van der Waals surface area contributed by atoms with Gasteiger partial charge in [-0.1, -0.05) is 23.5 Å². The van der Waals surface area contributed by atoms with Crippen molar-refractivity contribution in [3.63, 3.8) is 0 Å². The Hall–Kier alpha value is -3.26. The third-order valence-electron chi connectivity index (χ3n) is 5.04. The van der Waals surface area contributed by atoms with Crippen LogP contribution < -0.4 is 14.3 Å². The zero-order valence-corrected chi connectivity index (χ0v) is 17.1. The van der Waals surface area contributed by atoms with Crippen LogP contribution in [0, 0.1) is 0 Å². The topological polar surface area (TPSA) is 109 Å². The lowest BCUT2D eigenvalue weighted by Crippen LogP contribution is -2.40. The van der Waals surface area contributed by atoms with Crippen molar-refractivity contribution in [1.29, 1.82) is 0 Å². The highest BCUT2D eigenvalue weighted by atomic mass is 32.1. The Bertz CT molecular complexity index is 1130. The molecule has 3 N–H and O–H groups in total. The fraction of sp³-hybridized carbons (Fsp3) is 0.273. The molecule has 0 radical (unpaired) electrons. The number of rotatable bonds is 6. The number of aromatic nitrogens is 1. The van der Waals surface area contributed by atoms with Crippen molar-refractivity contribution in [2.24, 2.45) is 0 Å². The fourth-order valence-electron chi connectivity index (χ4n) is 3.45. The van der Waals surface area contributed by atoms with Gasteiger partial charge < -0.3 is 19.7 Å². The first kappa shape index (κ1) is 20.0. The Kier molecular flexibility index (Phi) is 5.26. The maximum atomic E-state index is 12.4. The van der Waals surface area contributed by atoms with Gasteiger partial charge >= 0.3 is 4.87 Å². The van der Waals surface area contributed by atoms with E-state index in [4.69, 9.17) is 9.47 Å². The average molecular weight is 427 g/mol. The fourth-order valence-corrected chi connectivity index (χ4v) is 4.20. The Morgan fingerprint density at radius 1 is 1.17 bits per heavy atom. The van der Waals surface area contributed by atoms with E-state index in [0.717, 1.165) is 16.9 Å². The summed E-state index contributed by atoms with van der Waals surface area (Å²) in [5.41, 5.74) is 0.674. The molecule has 0 spiro atoms. The van der Waals surface area contributed by atoms with Gasteiger partial charge in [-0.25, -0.2) is 0 Å². The van der Waals surface area contributed by atoms with Crippen molar-refractivity contribution in [2.75, 3.05) is 6.61 Å². The first-order valence-electron chi connectivity index (χ1n) is 9.49. The van der Waals surface area contributed by atoms with Crippen LogP contribution in [0.25, 0.3) is 0 Å². The van der Waals surface area contributed by atoms with Crippen LogP contribution in [0.5, 0.6) is 23.1 Å². The Labute approximate surface area is 176 Å². The van der Waals surface area contributed by atoms with Crippen LogP contribution in [-0.4, -0.2) is 33.2 Å². The zero-order chi connectivity index (χ0) is 21.3. The second kappa shape index (κ2) is 7.87. The number of ketones is 1. The largest absolute Gasteiger partial charge is 0.508 e. The molecule has 2 aromatic carbocycles. The maximum absolute atomic E-state index is 12.4. The Morgan fingerprint density at radius 3 is 2.63 bits per heavy atom. The molecular weight excluding hydrogens is 406 g/mol. The quantitative estimate of drug-likeness (QED) is 0.554. The lowest BCUT2D eigenvalue weighted by atomic mass is 9.89. The molecule has 0 aliphatic carbocycles. The molecule has 0 amide bonds. The molecule has 3 aromatic rings. The summed E-state index contributed by atoms with van der Waals surface area (Å²) in [4.78, 5) is 26.4. The first-order valence-corrected chi connectivity index (χ1v) is 10.3. The van der Waals surface area contributed by atoms with Crippen LogP contribution >= 0.6 is 11.3 Å². The van der Waals surface area contributed by atoms with Gasteiger partial charge in [0.15, 0.2) is 5.78 Å². The molecule has 4 rings (SSSR count). The highest BCUT2D eigenvalue weighted by molar-refractivity contribution is 7.09. The van der Waals surface area contributed by atoms with Crippen molar-refractivity contribution in [3.05, 3.63) is 68.1 Å². The summed E-state index contributed by atoms with van der Waals surface area (Å²) in [5.74, 6) is 1.06. The van der Waals surface area contributed by atoms with Gasteiger partial charge in [0.05, 0.1) is 23.5 Å². The molecule has 1 aliphatic heterocycles. The number of thiazole rings is 1. The smallest absolute Gasteiger partial charge is 0.307 e. The lowest BCUT2D eigenvalue weighted by Gasteiger charge is -2.34. The monoisotopic (exact) mass is 427 g/mol. The third kappa shape index (κ3) is 4.33. The molecule has 1 aliphatic rings. The number of hydrogen-bond acceptors (Lipinski definition) is 7. The number of benzene rings is 2. The highest BCUT2D eigenvalue weighted by Gasteiger charge is 2.36. The minimum atomic E-state index is -0.676. The number of carbonyl (C=O) groups is 1. The van der Waals surface area contributed by atoms with Crippen LogP contribution in [0.3, 0.4) is 0 Å². The van der Waals surface area contributed by atoms with Gasteiger partial charge in [0.1, 0.15) is 22.8 Å². The Morgan fingerprint density at radius 2 is 1.93 bits per heavy atom. The van der Waals surface area contributed by atoms with E-state index in [-0.39, 0.29) is 28.7 Å². The molecule has 0 saturated heterocycles. The maximum Gasteiger partial charge on any atom is 0.307 e. The number of nitrogens with one attached hydrogen (secondary N) is 1. The number of carbonyl (C=O) groups excluding carboxylic acids is 1. The number of Topliss-reactive ketones (excluding diaryl/α,β-unsaturated/α-hetero) is 1. The summed E-state index contributed by atoms with van der Waals surface area (Å²) in [5, 5.41) is 19.3. The second-order valence-corrected chi connectivity index (χ2v) is 8.61. The van der Waals surface area contributed by atoms with E-state index < -0.39 is 5.60 Å². The van der Waals surface area contributed by atoms with Crippen molar-refractivity contribution in [2.45, 2.75) is 31.8 Å². The highest BCUT2D eigenvalue weighted by Crippen LogP contribution is 2.36. The molecule has 1 unspecified atom stereocenters. The zero-order valence-electron chi connectivity index (χ0n) is 16.3. The molecule has 1 atom stereocenters. The van der Waals surface area contributed by atoms with E-state index in [1.807, 2.05) is 31.2 Å². The number of aromatic amines is 1. The van der Waals surface area contributed by atoms with Crippen molar-refractivity contribution < 1.29 is 24.5 Å². The first-order chi connectivity index (χ1) is 14.3. The number of H-pyrrole nitrogens is 1. The van der Waals surface area contributed by atoms with E-state index in [9.17, 15) is 19.8 Å². The molecule has 0 fully saturated rings. The average Bonchev–Trinajstić information content (AvgIpc) is 3.00. The van der Waals surface area contributed by atoms with Gasteiger partial charge in [0.2, 0.25) is 5.88 Å². The number of phenolic OH excluding ortho intramolecular Hbond substituents is 1. The Balaban J connectivity index is 1.34. The number of phenols is 1. The molecule has 8 heteroatoms. The van der Waals surface area contributed by atoms with Crippen molar-refractivity contribution >= 4 is 17.1 Å². The summed E-state index contributed by atoms with van der Waals surface area (Å²) in [7, 11) is 0. The molecule has 30 heavy (non-hydrogen) atoms. The predicted octanol–water partition coefficient (Wildman–Crippen LogP) is 3.63. The van der Waals surface area contributed by atoms with Crippen molar-refractivity contribution in [1.82, 2.24) is 4.98 Å². The minimum absolute atomic E-state index is 0.0435. The van der Waals surface area contributed by atoms with Crippen LogP contribution in [0.15, 0.2) is 47.3 Å². The molecule has 2 heterocycles. The summed E-state index contributed by atoms with van der Waals surface area (Å²) < 4.78 is 11.8. The molecule has 156 valence electrons. The summed E-state index contributed by atoms with van der Waals surface area (Å²) in [6, 6.07) is 12.0. The molecule has 0 saturated carbocycles. The van der Waals surface area contributed by atoms with Gasteiger partial charge in [0.25, 0.3) is 0 Å². The van der Waals surface area contributed by atoms with E-state index in [2.05, 4.69) is 4.98 Å². The molecule has 7 nitrogen and oxygen atoms in total. The molecule has 1 aromatic heterocycles. The SMILES string of the molecule is CC1(CCOc2ccc(Cc3sc(=O)[nH]c3O)cc2)CC(=O)c2cc(O)ccc2O1. The normalized spacial score (nSPS) is 18.0. The number of aromatic hydroxyl groups is 2. The van der Waals surface area contributed by atoms with Crippen LogP contribution in [0.2, 0.25) is 0 Å². The predicted molar refractivity (Wildman–Crippen MR) is 112 cm³/mol.